The number of hydrogen-bond donors (Lipinski definition) is 2. The Hall–Kier alpha value is -3.91. The Labute approximate surface area is 198 Å². The minimum absolute atomic E-state index is 0.0221. The Morgan fingerprint density at radius 2 is 1.29 bits per heavy atom. The fourth-order valence-electron chi connectivity index (χ4n) is 3.65. The molecule has 9 heteroatoms. The minimum atomic E-state index is -1.23. The summed E-state index contributed by atoms with van der Waals surface area (Å²) in [5.41, 5.74) is 8.05. The van der Waals surface area contributed by atoms with Gasteiger partial charge in [-0.25, -0.2) is 9.97 Å². The molecule has 2 unspecified atom stereocenters. The monoisotopic (exact) mass is 459 g/mol. The molecule has 2 heterocycles. The molecule has 0 bridgehead atoms. The highest BCUT2D eigenvalue weighted by molar-refractivity contribution is 5.23. The van der Waals surface area contributed by atoms with Crippen molar-refractivity contribution < 1.29 is 10.2 Å². The van der Waals surface area contributed by atoms with Crippen molar-refractivity contribution in [2.75, 3.05) is 6.54 Å². The molecule has 0 aliphatic heterocycles. The lowest BCUT2D eigenvalue weighted by molar-refractivity contribution is 0.0143. The summed E-state index contributed by atoms with van der Waals surface area (Å²) >= 11 is 0. The first-order chi connectivity index (χ1) is 16.5. The third-order valence-electron chi connectivity index (χ3n) is 5.61. The van der Waals surface area contributed by atoms with Gasteiger partial charge in [0.15, 0.2) is 0 Å². The van der Waals surface area contributed by atoms with Crippen molar-refractivity contribution in [3.05, 3.63) is 120 Å². The molecule has 4 aromatic rings. The quantitative estimate of drug-likeness (QED) is 0.220. The summed E-state index contributed by atoms with van der Waals surface area (Å²) in [4.78, 5) is 10.6. The predicted octanol–water partition coefficient (Wildman–Crippen LogP) is 4.26. The summed E-state index contributed by atoms with van der Waals surface area (Å²) in [5, 5.41) is 24.8. The zero-order chi connectivity index (χ0) is 24.3. The van der Waals surface area contributed by atoms with Gasteiger partial charge >= 0.3 is 0 Å². The molecule has 2 atom stereocenters. The fraction of sp³-hybridized carbons (Fsp3) is 0.280. The van der Waals surface area contributed by atoms with Crippen LogP contribution in [0.1, 0.15) is 24.5 Å². The summed E-state index contributed by atoms with van der Waals surface area (Å²) in [6, 6.07) is 18.9. The molecule has 176 valence electrons. The SMILES string of the molecule is CCC(O)(Cn1ccnc1)c1ccccc1.[N-]=[N+]=NCC(O)(Cn1ccnc1)c1ccccc1. The first kappa shape index (κ1) is 24.7. The van der Waals surface area contributed by atoms with Gasteiger partial charge in [0.2, 0.25) is 0 Å². The van der Waals surface area contributed by atoms with Crippen LogP contribution in [-0.4, -0.2) is 35.9 Å². The van der Waals surface area contributed by atoms with Crippen molar-refractivity contribution in [1.82, 2.24) is 19.1 Å². The van der Waals surface area contributed by atoms with E-state index in [4.69, 9.17) is 5.53 Å². The summed E-state index contributed by atoms with van der Waals surface area (Å²) in [7, 11) is 0. The topological polar surface area (TPSA) is 125 Å². The Morgan fingerprint density at radius 1 is 0.824 bits per heavy atom. The van der Waals surface area contributed by atoms with Crippen LogP contribution in [0, 0.1) is 0 Å². The first-order valence-electron chi connectivity index (χ1n) is 11.0. The molecule has 0 aliphatic carbocycles. The average molecular weight is 460 g/mol. The van der Waals surface area contributed by atoms with Crippen LogP contribution in [0.4, 0.5) is 0 Å². The van der Waals surface area contributed by atoms with Crippen LogP contribution in [0.2, 0.25) is 0 Å². The Kier molecular flexibility index (Phi) is 8.59. The number of nitrogens with zero attached hydrogens (tertiary/aromatic N) is 7. The Bertz CT molecular complexity index is 1140. The van der Waals surface area contributed by atoms with E-state index in [9.17, 15) is 10.2 Å². The molecule has 0 amide bonds. The maximum Gasteiger partial charge on any atom is 0.113 e. The number of aliphatic hydroxyl groups is 2. The second-order valence-electron chi connectivity index (χ2n) is 8.01. The minimum Gasteiger partial charge on any atom is -0.383 e. The second-order valence-corrected chi connectivity index (χ2v) is 8.01. The van der Waals surface area contributed by atoms with Crippen molar-refractivity contribution in [2.24, 2.45) is 5.11 Å². The van der Waals surface area contributed by atoms with Gasteiger partial charge in [0.25, 0.3) is 0 Å². The maximum atomic E-state index is 10.7. The molecule has 2 aromatic heterocycles. The molecule has 4 rings (SSSR count). The molecule has 0 saturated carbocycles. The van der Waals surface area contributed by atoms with Crippen molar-refractivity contribution in [3.8, 4) is 0 Å². The van der Waals surface area contributed by atoms with E-state index in [1.807, 2.05) is 78.4 Å². The van der Waals surface area contributed by atoms with Gasteiger partial charge < -0.3 is 19.3 Å². The number of azide groups is 1. The van der Waals surface area contributed by atoms with Gasteiger partial charge in [0.05, 0.1) is 32.3 Å². The molecule has 9 nitrogen and oxygen atoms in total. The highest BCUT2D eigenvalue weighted by Gasteiger charge is 2.29. The number of aromatic nitrogens is 4. The van der Waals surface area contributed by atoms with Crippen LogP contribution in [0.5, 0.6) is 0 Å². The zero-order valence-corrected chi connectivity index (χ0v) is 19.1. The lowest BCUT2D eigenvalue weighted by Gasteiger charge is -2.27. The standard InChI is InChI=1S/C13H16N2O.C12H13N5O/c1-2-13(16,10-15-9-8-14-11-15)12-6-4-3-5-7-12;13-16-15-8-12(18,9-17-7-6-14-10-17)11-4-2-1-3-5-11/h3-9,11,16H,2,10H2,1H3;1-7,10,18H,8-9H2. The van der Waals surface area contributed by atoms with Crippen LogP contribution < -0.4 is 0 Å². The molecule has 2 N–H and O–H groups in total. The van der Waals surface area contributed by atoms with Crippen molar-refractivity contribution in [2.45, 2.75) is 37.6 Å². The molecule has 0 aliphatic rings. The molecular formula is C25H29N7O2. The molecule has 0 spiro atoms. The second kappa shape index (κ2) is 11.8. The van der Waals surface area contributed by atoms with E-state index in [0.717, 1.165) is 5.56 Å². The van der Waals surface area contributed by atoms with Crippen molar-refractivity contribution in [1.29, 1.82) is 0 Å². The van der Waals surface area contributed by atoms with Gasteiger partial charge in [-0.1, -0.05) is 72.7 Å². The van der Waals surface area contributed by atoms with E-state index in [2.05, 4.69) is 20.0 Å². The van der Waals surface area contributed by atoms with Crippen molar-refractivity contribution in [3.63, 3.8) is 0 Å². The maximum absolute atomic E-state index is 10.7. The fourth-order valence-corrected chi connectivity index (χ4v) is 3.65. The first-order valence-corrected chi connectivity index (χ1v) is 11.0. The van der Waals surface area contributed by atoms with Crippen LogP contribution in [0.15, 0.2) is 103 Å². The number of hydrogen-bond acceptors (Lipinski definition) is 5. The number of imidazole rings is 2. The lowest BCUT2D eigenvalue weighted by Crippen LogP contribution is -2.34. The van der Waals surface area contributed by atoms with E-state index >= 15 is 0 Å². The molecule has 0 saturated heterocycles. The van der Waals surface area contributed by atoms with Gasteiger partial charge in [-0.15, -0.1) is 0 Å². The van der Waals surface area contributed by atoms with Crippen LogP contribution in [-0.2, 0) is 24.3 Å². The highest BCUT2D eigenvalue weighted by Crippen LogP contribution is 2.26. The summed E-state index contributed by atoms with van der Waals surface area (Å²) in [5.74, 6) is 0. The van der Waals surface area contributed by atoms with Gasteiger partial charge in [-0.2, -0.15) is 0 Å². The van der Waals surface area contributed by atoms with E-state index in [-0.39, 0.29) is 13.1 Å². The van der Waals surface area contributed by atoms with Crippen LogP contribution in [0.3, 0.4) is 0 Å². The summed E-state index contributed by atoms with van der Waals surface area (Å²) < 4.78 is 3.65. The lowest BCUT2D eigenvalue weighted by atomic mass is 9.91. The zero-order valence-electron chi connectivity index (χ0n) is 19.1. The average Bonchev–Trinajstić information content (AvgIpc) is 3.59. The third kappa shape index (κ3) is 6.55. The van der Waals surface area contributed by atoms with Gasteiger partial charge in [-0.05, 0) is 23.1 Å². The Morgan fingerprint density at radius 3 is 1.71 bits per heavy atom. The Balaban J connectivity index is 0.000000192. The third-order valence-corrected chi connectivity index (χ3v) is 5.61. The number of benzene rings is 2. The van der Waals surface area contributed by atoms with E-state index in [1.54, 1.807) is 35.8 Å². The van der Waals surface area contributed by atoms with E-state index in [1.165, 1.54) is 0 Å². The van der Waals surface area contributed by atoms with Crippen LogP contribution in [0.25, 0.3) is 10.4 Å². The van der Waals surface area contributed by atoms with Gasteiger partial charge in [0, 0.05) is 29.7 Å². The molecule has 0 radical (unpaired) electrons. The van der Waals surface area contributed by atoms with Crippen molar-refractivity contribution >= 4 is 0 Å². The number of rotatable bonds is 9. The molecule has 2 aromatic carbocycles. The summed E-state index contributed by atoms with van der Waals surface area (Å²) in [6.45, 7) is 2.79. The predicted molar refractivity (Wildman–Crippen MR) is 129 cm³/mol. The normalized spacial score (nSPS) is 14.1. The summed E-state index contributed by atoms with van der Waals surface area (Å²) in [6.07, 6.45) is 11.0. The molecule has 34 heavy (non-hydrogen) atoms. The molecular weight excluding hydrogens is 430 g/mol. The van der Waals surface area contributed by atoms with Gasteiger partial charge in [-0.3, -0.25) is 0 Å². The smallest absolute Gasteiger partial charge is 0.113 e. The van der Waals surface area contributed by atoms with Crippen LogP contribution >= 0.6 is 0 Å². The molecule has 0 fully saturated rings. The van der Waals surface area contributed by atoms with E-state index in [0.29, 0.717) is 18.5 Å². The highest BCUT2D eigenvalue weighted by atomic mass is 16.3. The van der Waals surface area contributed by atoms with E-state index < -0.39 is 11.2 Å². The van der Waals surface area contributed by atoms with Gasteiger partial charge in [0.1, 0.15) is 11.2 Å². The largest absolute Gasteiger partial charge is 0.383 e.